The second kappa shape index (κ2) is 4.31. The van der Waals surface area contributed by atoms with Gasteiger partial charge in [-0.3, -0.25) is 5.10 Å². The normalized spacial score (nSPS) is 10.8. The fourth-order valence-electron chi connectivity index (χ4n) is 1.85. The number of nitrogens with zero attached hydrogens (tertiary/aromatic N) is 2. The maximum Gasteiger partial charge on any atom is 0.137 e. The van der Waals surface area contributed by atoms with E-state index in [0.29, 0.717) is 10.9 Å². The van der Waals surface area contributed by atoms with Gasteiger partial charge in [0.2, 0.25) is 0 Å². The molecule has 1 N–H and O–H groups in total. The molecule has 0 aliphatic carbocycles. The highest BCUT2D eigenvalue weighted by atomic mass is 35.5. The van der Waals surface area contributed by atoms with Gasteiger partial charge in [-0.2, -0.15) is 5.10 Å². The summed E-state index contributed by atoms with van der Waals surface area (Å²) in [7, 11) is 1.61. The number of hydrogen-bond acceptors (Lipinski definition) is 3. The summed E-state index contributed by atoms with van der Waals surface area (Å²) in [6.45, 7) is 0. The van der Waals surface area contributed by atoms with Crippen molar-refractivity contribution >= 4 is 22.5 Å². The molecule has 0 saturated heterocycles. The molecule has 3 aromatic rings. The molecule has 5 heteroatoms. The van der Waals surface area contributed by atoms with Crippen molar-refractivity contribution in [3.8, 4) is 16.9 Å². The van der Waals surface area contributed by atoms with Crippen LogP contribution in [0.2, 0.25) is 5.15 Å². The van der Waals surface area contributed by atoms with Crippen LogP contribution in [0.25, 0.3) is 22.0 Å². The van der Waals surface area contributed by atoms with Crippen molar-refractivity contribution < 1.29 is 4.74 Å². The molecule has 4 nitrogen and oxygen atoms in total. The lowest BCUT2D eigenvalue weighted by Crippen LogP contribution is -1.88. The lowest BCUT2D eigenvalue weighted by molar-refractivity contribution is 0.413. The quantitative estimate of drug-likeness (QED) is 0.719. The Labute approximate surface area is 109 Å². The summed E-state index contributed by atoms with van der Waals surface area (Å²) >= 11 is 6.12. The molecular weight excluding hydrogens is 250 g/mol. The van der Waals surface area contributed by atoms with E-state index in [1.807, 2.05) is 24.3 Å². The van der Waals surface area contributed by atoms with E-state index < -0.39 is 0 Å². The molecule has 0 unspecified atom stereocenters. The van der Waals surface area contributed by atoms with Crippen LogP contribution < -0.4 is 4.74 Å². The smallest absolute Gasteiger partial charge is 0.137 e. The highest BCUT2D eigenvalue weighted by Gasteiger charge is 2.08. The molecule has 0 atom stereocenters. The van der Waals surface area contributed by atoms with Crippen molar-refractivity contribution in [3.63, 3.8) is 0 Å². The fourth-order valence-corrected chi connectivity index (χ4v) is 2.07. The number of halogens is 1. The number of benzene rings is 1. The van der Waals surface area contributed by atoms with E-state index in [4.69, 9.17) is 16.3 Å². The van der Waals surface area contributed by atoms with Gasteiger partial charge in [-0.15, -0.1) is 0 Å². The third-order valence-electron chi connectivity index (χ3n) is 2.80. The van der Waals surface area contributed by atoms with E-state index in [-0.39, 0.29) is 0 Å². The maximum absolute atomic E-state index is 6.12. The van der Waals surface area contributed by atoms with Crippen LogP contribution in [-0.2, 0) is 0 Å². The number of rotatable bonds is 2. The standard InChI is InChI=1S/C13H10ClN3O/c1-18-10-5-11(13(14)15-7-10)8-2-3-12-9(4-8)6-16-17-12/h2-7H,1H3,(H,16,17). The van der Waals surface area contributed by atoms with Crippen molar-refractivity contribution in [2.75, 3.05) is 7.11 Å². The van der Waals surface area contributed by atoms with Crippen LogP contribution in [0, 0.1) is 0 Å². The van der Waals surface area contributed by atoms with Crippen molar-refractivity contribution in [2.24, 2.45) is 0 Å². The number of H-pyrrole nitrogens is 1. The molecule has 0 saturated carbocycles. The van der Waals surface area contributed by atoms with Gasteiger partial charge in [0, 0.05) is 10.9 Å². The third-order valence-corrected chi connectivity index (χ3v) is 3.10. The van der Waals surface area contributed by atoms with Crippen molar-refractivity contribution in [3.05, 3.63) is 41.8 Å². The predicted molar refractivity (Wildman–Crippen MR) is 70.9 cm³/mol. The van der Waals surface area contributed by atoms with E-state index >= 15 is 0 Å². The first-order valence-electron chi connectivity index (χ1n) is 5.41. The number of hydrogen-bond donors (Lipinski definition) is 1. The number of pyridine rings is 1. The van der Waals surface area contributed by atoms with E-state index in [1.165, 1.54) is 0 Å². The lowest BCUT2D eigenvalue weighted by Gasteiger charge is -2.06. The summed E-state index contributed by atoms with van der Waals surface area (Å²) in [5.41, 5.74) is 2.82. The van der Waals surface area contributed by atoms with Crippen LogP contribution in [0.4, 0.5) is 0 Å². The second-order valence-electron chi connectivity index (χ2n) is 3.89. The second-order valence-corrected chi connectivity index (χ2v) is 4.24. The Bertz CT molecular complexity index is 708. The van der Waals surface area contributed by atoms with E-state index in [2.05, 4.69) is 15.2 Å². The van der Waals surface area contributed by atoms with Crippen LogP contribution in [0.5, 0.6) is 5.75 Å². The number of ether oxygens (including phenoxy) is 1. The Morgan fingerprint density at radius 2 is 2.11 bits per heavy atom. The lowest BCUT2D eigenvalue weighted by atomic mass is 10.1. The van der Waals surface area contributed by atoms with Crippen molar-refractivity contribution in [1.29, 1.82) is 0 Å². The first-order valence-corrected chi connectivity index (χ1v) is 5.79. The minimum Gasteiger partial charge on any atom is -0.495 e. The minimum absolute atomic E-state index is 0.457. The number of aromatic nitrogens is 3. The molecule has 2 aromatic heterocycles. The summed E-state index contributed by atoms with van der Waals surface area (Å²) in [5.74, 6) is 0.682. The van der Waals surface area contributed by atoms with Gasteiger partial charge in [-0.1, -0.05) is 17.7 Å². The number of aromatic amines is 1. The third kappa shape index (κ3) is 1.80. The molecule has 2 heterocycles. The molecular formula is C13H10ClN3O. The summed E-state index contributed by atoms with van der Waals surface area (Å²) in [6.07, 6.45) is 3.38. The summed E-state index contributed by atoms with van der Waals surface area (Å²) in [5, 5.41) is 8.40. The number of methoxy groups -OCH3 is 1. The number of fused-ring (bicyclic) bond motifs is 1. The number of nitrogens with one attached hydrogen (secondary N) is 1. The Balaban J connectivity index is 2.18. The highest BCUT2D eigenvalue weighted by Crippen LogP contribution is 2.31. The Morgan fingerprint density at radius 1 is 1.22 bits per heavy atom. The topological polar surface area (TPSA) is 50.8 Å². The summed E-state index contributed by atoms with van der Waals surface area (Å²) < 4.78 is 5.16. The molecule has 0 aliphatic rings. The predicted octanol–water partition coefficient (Wildman–Crippen LogP) is 3.29. The van der Waals surface area contributed by atoms with Crippen molar-refractivity contribution in [2.45, 2.75) is 0 Å². The summed E-state index contributed by atoms with van der Waals surface area (Å²) in [6, 6.07) is 7.83. The fraction of sp³-hybridized carbons (Fsp3) is 0.0769. The molecule has 0 aliphatic heterocycles. The van der Waals surface area contributed by atoms with E-state index in [1.54, 1.807) is 19.5 Å². The van der Waals surface area contributed by atoms with E-state index in [0.717, 1.165) is 22.0 Å². The largest absolute Gasteiger partial charge is 0.495 e. The van der Waals surface area contributed by atoms with Crippen LogP contribution in [-0.4, -0.2) is 22.3 Å². The van der Waals surface area contributed by atoms with Gasteiger partial charge >= 0.3 is 0 Å². The van der Waals surface area contributed by atoms with Gasteiger partial charge in [-0.05, 0) is 23.8 Å². The van der Waals surface area contributed by atoms with Gasteiger partial charge in [0.25, 0.3) is 0 Å². The molecule has 0 spiro atoms. The SMILES string of the molecule is COc1cnc(Cl)c(-c2ccc3[nH]ncc3c2)c1. The first-order chi connectivity index (χ1) is 8.78. The Kier molecular flexibility index (Phi) is 2.64. The van der Waals surface area contributed by atoms with E-state index in [9.17, 15) is 0 Å². The molecule has 90 valence electrons. The van der Waals surface area contributed by atoms with Crippen LogP contribution in [0.1, 0.15) is 0 Å². The average molecular weight is 260 g/mol. The zero-order valence-corrected chi connectivity index (χ0v) is 10.4. The van der Waals surface area contributed by atoms with Crippen molar-refractivity contribution in [1.82, 2.24) is 15.2 Å². The zero-order valence-electron chi connectivity index (χ0n) is 9.64. The molecule has 3 rings (SSSR count). The van der Waals surface area contributed by atoms with Crippen LogP contribution in [0.15, 0.2) is 36.7 Å². The first kappa shape index (κ1) is 11.0. The Morgan fingerprint density at radius 3 is 2.94 bits per heavy atom. The molecule has 1 aromatic carbocycles. The molecule has 0 amide bonds. The molecule has 18 heavy (non-hydrogen) atoms. The molecule has 0 fully saturated rings. The van der Waals surface area contributed by atoms with Crippen LogP contribution >= 0.6 is 11.6 Å². The average Bonchev–Trinajstić information content (AvgIpc) is 2.86. The van der Waals surface area contributed by atoms with Gasteiger partial charge in [0.1, 0.15) is 10.9 Å². The molecule has 0 radical (unpaired) electrons. The zero-order chi connectivity index (χ0) is 12.5. The van der Waals surface area contributed by atoms with Crippen LogP contribution in [0.3, 0.4) is 0 Å². The maximum atomic E-state index is 6.12. The summed E-state index contributed by atoms with van der Waals surface area (Å²) in [4.78, 5) is 4.11. The monoisotopic (exact) mass is 259 g/mol. The highest BCUT2D eigenvalue weighted by molar-refractivity contribution is 6.32. The van der Waals surface area contributed by atoms with Gasteiger partial charge in [-0.25, -0.2) is 4.98 Å². The Hall–Kier alpha value is -2.07. The minimum atomic E-state index is 0.457. The molecule has 0 bridgehead atoms. The van der Waals surface area contributed by atoms with Gasteiger partial charge in [0.05, 0.1) is 25.0 Å². The van der Waals surface area contributed by atoms with Gasteiger partial charge < -0.3 is 4.74 Å². The van der Waals surface area contributed by atoms with Gasteiger partial charge in [0.15, 0.2) is 0 Å².